The molecular weight excluding hydrogens is 291 g/mol. The Bertz CT molecular complexity index is 562. The maximum Gasteiger partial charge on any atom is 0.113 e. The van der Waals surface area contributed by atoms with Crippen LogP contribution in [-0.2, 0) is 5.60 Å². The van der Waals surface area contributed by atoms with Crippen LogP contribution in [0.3, 0.4) is 0 Å². The Morgan fingerprint density at radius 1 is 0.944 bits per heavy atom. The van der Waals surface area contributed by atoms with Crippen LogP contribution in [0.15, 0.2) is 42.5 Å². The molecule has 4 heteroatoms. The Labute approximate surface area is 121 Å². The molecule has 94 valence electrons. The molecule has 0 saturated heterocycles. The van der Waals surface area contributed by atoms with E-state index in [1.165, 1.54) is 0 Å². The Morgan fingerprint density at radius 2 is 1.56 bits per heavy atom. The van der Waals surface area contributed by atoms with Crippen molar-refractivity contribution in [3.63, 3.8) is 0 Å². The summed E-state index contributed by atoms with van der Waals surface area (Å²) >= 11 is 17.9. The second-order valence-corrected chi connectivity index (χ2v) is 5.40. The Hall–Kier alpha value is -0.730. The van der Waals surface area contributed by atoms with Gasteiger partial charge in [-0.05, 0) is 30.7 Å². The summed E-state index contributed by atoms with van der Waals surface area (Å²) in [5.41, 5.74) is 0.0575. The molecule has 2 aromatic carbocycles. The number of halogens is 3. The van der Waals surface area contributed by atoms with Gasteiger partial charge in [0.1, 0.15) is 5.60 Å². The van der Waals surface area contributed by atoms with Gasteiger partial charge in [0.15, 0.2) is 0 Å². The summed E-state index contributed by atoms with van der Waals surface area (Å²) in [6.07, 6.45) is 0. The summed E-state index contributed by atoms with van der Waals surface area (Å²) in [6, 6.07) is 12.2. The van der Waals surface area contributed by atoms with Crippen LogP contribution >= 0.6 is 34.8 Å². The van der Waals surface area contributed by atoms with E-state index in [4.69, 9.17) is 34.8 Å². The second-order valence-electron chi connectivity index (χ2n) is 4.18. The quantitative estimate of drug-likeness (QED) is 0.836. The minimum Gasteiger partial charge on any atom is -0.381 e. The molecule has 0 bridgehead atoms. The average molecular weight is 302 g/mol. The van der Waals surface area contributed by atoms with E-state index in [2.05, 4.69) is 0 Å². The lowest BCUT2D eigenvalue weighted by Gasteiger charge is -2.26. The van der Waals surface area contributed by atoms with Crippen LogP contribution in [0.1, 0.15) is 18.1 Å². The fraction of sp³-hybridized carbons (Fsp3) is 0.143. The van der Waals surface area contributed by atoms with Gasteiger partial charge in [0.25, 0.3) is 0 Å². The first-order valence-corrected chi connectivity index (χ1v) is 6.49. The maximum absolute atomic E-state index is 10.7. The highest BCUT2D eigenvalue weighted by Crippen LogP contribution is 2.37. The van der Waals surface area contributed by atoms with Crippen molar-refractivity contribution < 1.29 is 5.11 Å². The molecular formula is C14H11Cl3O. The van der Waals surface area contributed by atoms with Crippen LogP contribution in [0.25, 0.3) is 0 Å². The third kappa shape index (κ3) is 2.50. The van der Waals surface area contributed by atoms with E-state index in [1.807, 2.05) is 0 Å². The zero-order chi connectivity index (χ0) is 13.3. The highest BCUT2D eigenvalue weighted by atomic mass is 35.5. The van der Waals surface area contributed by atoms with Gasteiger partial charge in [0.05, 0.1) is 10.0 Å². The van der Waals surface area contributed by atoms with Crippen LogP contribution < -0.4 is 0 Å². The number of rotatable bonds is 2. The molecule has 0 heterocycles. The monoisotopic (exact) mass is 300 g/mol. The van der Waals surface area contributed by atoms with Gasteiger partial charge in [-0.3, -0.25) is 0 Å². The summed E-state index contributed by atoms with van der Waals surface area (Å²) in [6.45, 7) is 1.67. The largest absolute Gasteiger partial charge is 0.381 e. The molecule has 0 saturated carbocycles. The van der Waals surface area contributed by atoms with Gasteiger partial charge < -0.3 is 5.11 Å². The van der Waals surface area contributed by atoms with E-state index < -0.39 is 5.60 Å². The third-order valence-electron chi connectivity index (χ3n) is 2.88. The van der Waals surface area contributed by atoms with Gasteiger partial charge in [0, 0.05) is 10.6 Å². The van der Waals surface area contributed by atoms with Crippen LogP contribution in [-0.4, -0.2) is 5.11 Å². The van der Waals surface area contributed by atoms with Gasteiger partial charge in [-0.25, -0.2) is 0 Å². The van der Waals surface area contributed by atoms with Crippen molar-refractivity contribution in [2.24, 2.45) is 0 Å². The van der Waals surface area contributed by atoms with Crippen molar-refractivity contribution in [1.82, 2.24) is 0 Å². The molecule has 18 heavy (non-hydrogen) atoms. The van der Waals surface area contributed by atoms with Gasteiger partial charge in [-0.1, -0.05) is 59.1 Å². The summed E-state index contributed by atoms with van der Waals surface area (Å²) < 4.78 is 0. The molecule has 0 aliphatic heterocycles. The molecule has 2 rings (SSSR count). The third-order valence-corrected chi connectivity index (χ3v) is 3.95. The molecule has 0 radical (unpaired) electrons. The average Bonchev–Trinajstić information content (AvgIpc) is 2.33. The normalized spacial score (nSPS) is 14.3. The molecule has 1 nitrogen and oxygen atoms in total. The number of hydrogen-bond acceptors (Lipinski definition) is 1. The molecule has 1 unspecified atom stereocenters. The Balaban J connectivity index is 2.54. The van der Waals surface area contributed by atoms with Crippen LogP contribution in [0.4, 0.5) is 0 Å². The second kappa shape index (κ2) is 5.10. The highest BCUT2D eigenvalue weighted by Gasteiger charge is 2.28. The van der Waals surface area contributed by atoms with Crippen molar-refractivity contribution >= 4 is 34.8 Å². The van der Waals surface area contributed by atoms with E-state index in [1.54, 1.807) is 49.4 Å². The topological polar surface area (TPSA) is 20.2 Å². The first kappa shape index (κ1) is 13.7. The molecule has 1 N–H and O–H groups in total. The number of benzene rings is 2. The number of hydrogen-bond donors (Lipinski definition) is 1. The van der Waals surface area contributed by atoms with Crippen molar-refractivity contribution in [2.45, 2.75) is 12.5 Å². The molecule has 0 fully saturated rings. The molecule has 0 aromatic heterocycles. The van der Waals surface area contributed by atoms with E-state index >= 15 is 0 Å². The predicted octanol–water partition coefficient (Wildman–Crippen LogP) is 4.90. The fourth-order valence-corrected chi connectivity index (χ4v) is 2.42. The van der Waals surface area contributed by atoms with Crippen molar-refractivity contribution in [2.75, 3.05) is 0 Å². The van der Waals surface area contributed by atoms with E-state index in [9.17, 15) is 5.11 Å². The van der Waals surface area contributed by atoms with E-state index in [0.29, 0.717) is 26.2 Å². The molecule has 1 atom stereocenters. The lowest BCUT2D eigenvalue weighted by atomic mass is 9.88. The maximum atomic E-state index is 10.7. The fourth-order valence-electron chi connectivity index (χ4n) is 1.81. The number of aliphatic hydroxyl groups is 1. The minimum absolute atomic E-state index is 0.360. The summed E-state index contributed by atoms with van der Waals surface area (Å²) in [4.78, 5) is 0. The van der Waals surface area contributed by atoms with Gasteiger partial charge in [-0.2, -0.15) is 0 Å². The van der Waals surface area contributed by atoms with Crippen molar-refractivity contribution in [3.8, 4) is 0 Å². The first-order chi connectivity index (χ1) is 8.43. The van der Waals surface area contributed by atoms with E-state index in [0.717, 1.165) is 0 Å². The zero-order valence-electron chi connectivity index (χ0n) is 9.62. The van der Waals surface area contributed by atoms with Crippen molar-refractivity contribution in [3.05, 3.63) is 68.7 Å². The van der Waals surface area contributed by atoms with E-state index in [-0.39, 0.29) is 0 Å². The Kier molecular flexibility index (Phi) is 3.88. The lowest BCUT2D eigenvalue weighted by Crippen LogP contribution is -2.23. The lowest BCUT2D eigenvalue weighted by molar-refractivity contribution is 0.102. The summed E-state index contributed by atoms with van der Waals surface area (Å²) in [5.74, 6) is 0. The van der Waals surface area contributed by atoms with Crippen LogP contribution in [0.5, 0.6) is 0 Å². The minimum atomic E-state index is -1.22. The molecule has 2 aromatic rings. The van der Waals surface area contributed by atoms with Gasteiger partial charge in [-0.15, -0.1) is 0 Å². The smallest absolute Gasteiger partial charge is 0.113 e. The molecule has 0 amide bonds. The molecule has 0 aliphatic rings. The Morgan fingerprint density at radius 3 is 2.17 bits per heavy atom. The van der Waals surface area contributed by atoms with Crippen LogP contribution in [0.2, 0.25) is 15.1 Å². The zero-order valence-corrected chi connectivity index (χ0v) is 11.9. The van der Waals surface area contributed by atoms with Crippen molar-refractivity contribution in [1.29, 1.82) is 0 Å². The summed E-state index contributed by atoms with van der Waals surface area (Å²) in [5, 5.41) is 12.1. The van der Waals surface area contributed by atoms with Gasteiger partial charge >= 0.3 is 0 Å². The first-order valence-electron chi connectivity index (χ1n) is 5.36. The highest BCUT2D eigenvalue weighted by molar-refractivity contribution is 6.42. The summed E-state index contributed by atoms with van der Waals surface area (Å²) in [7, 11) is 0. The molecule has 0 aliphatic carbocycles. The SMILES string of the molecule is CC(O)(c1ccc(Cl)cc1)c1cccc(Cl)c1Cl. The predicted molar refractivity (Wildman–Crippen MR) is 76.6 cm³/mol. The molecule has 0 spiro atoms. The van der Waals surface area contributed by atoms with Gasteiger partial charge in [0.2, 0.25) is 0 Å². The van der Waals surface area contributed by atoms with Crippen LogP contribution in [0, 0.1) is 0 Å². The standard InChI is InChI=1S/C14H11Cl3O/c1-14(18,9-5-7-10(15)8-6-9)11-3-2-4-12(16)13(11)17/h2-8,18H,1H3.